The number of anilines is 2. The minimum atomic E-state index is -4.52. The quantitative estimate of drug-likeness (QED) is 0.175. The molecule has 256 valence electrons. The molecule has 0 unspecified atom stereocenters. The maximum absolute atomic E-state index is 14.7. The van der Waals surface area contributed by atoms with Crippen molar-refractivity contribution >= 4 is 28.5 Å². The Hall–Kier alpha value is -4.72. The molecule has 1 amide bonds. The summed E-state index contributed by atoms with van der Waals surface area (Å²) < 4.78 is 71.0. The highest BCUT2D eigenvalue weighted by molar-refractivity contribution is 5.98. The number of aryl methyl sites for hydroxylation is 1. The highest BCUT2D eigenvalue weighted by atomic mass is 19.4. The molecule has 2 aromatic heterocycles. The molecule has 1 fully saturated rings. The average Bonchev–Trinajstić information content (AvgIpc) is 3.01. The van der Waals surface area contributed by atoms with Crippen molar-refractivity contribution in [3.05, 3.63) is 66.5 Å². The normalized spacial score (nSPS) is 17.6. The van der Waals surface area contributed by atoms with Gasteiger partial charge in [0.15, 0.2) is 6.10 Å². The number of rotatable bonds is 9. The van der Waals surface area contributed by atoms with Gasteiger partial charge in [-0.25, -0.2) is 24.1 Å². The van der Waals surface area contributed by atoms with Gasteiger partial charge in [0, 0.05) is 55.0 Å². The Kier molecular flexibility index (Phi) is 10.2. The standard InChI is InChI=1S/C34H38F4N6O4/c1-20-11-12-23-24(8-6-10-26(23)41-17-28(46-5)34(36,37)38)29(20)47-30-25(9-7-14-39-30)27-13-15-40-31(43-27)42-22-16-21(35)18-44(19-22)32(45)48-33(2,3)4/h6-15,21-22,28,41H,16-19H2,1-5H3,(H,40,42,43)/t21-,22-,28-/m0/s1. The summed E-state index contributed by atoms with van der Waals surface area (Å²) >= 11 is 0. The highest BCUT2D eigenvalue weighted by Crippen LogP contribution is 2.39. The van der Waals surface area contributed by atoms with Crippen LogP contribution in [0.25, 0.3) is 22.0 Å². The van der Waals surface area contributed by atoms with Crippen molar-refractivity contribution in [2.45, 2.75) is 64.2 Å². The van der Waals surface area contributed by atoms with E-state index in [1.807, 2.05) is 25.1 Å². The molecule has 1 aliphatic rings. The van der Waals surface area contributed by atoms with Gasteiger partial charge < -0.3 is 29.7 Å². The van der Waals surface area contributed by atoms with Crippen molar-refractivity contribution in [2.75, 3.05) is 37.4 Å². The fourth-order valence-electron chi connectivity index (χ4n) is 5.41. The lowest BCUT2D eigenvalue weighted by atomic mass is 10.0. The largest absolute Gasteiger partial charge is 0.444 e. The number of ether oxygens (including phenoxy) is 3. The van der Waals surface area contributed by atoms with Crippen molar-refractivity contribution in [1.29, 1.82) is 0 Å². The summed E-state index contributed by atoms with van der Waals surface area (Å²) in [6, 6.07) is 13.6. The number of piperidine rings is 1. The zero-order chi connectivity index (χ0) is 34.6. The van der Waals surface area contributed by atoms with E-state index in [9.17, 15) is 22.4 Å². The third kappa shape index (κ3) is 8.40. The van der Waals surface area contributed by atoms with Crippen LogP contribution in [0.3, 0.4) is 0 Å². The second-order valence-corrected chi connectivity index (χ2v) is 12.5. The first-order chi connectivity index (χ1) is 22.7. The number of nitrogens with zero attached hydrogens (tertiary/aromatic N) is 4. The maximum Gasteiger partial charge on any atom is 0.416 e. The topological polar surface area (TPSA) is 111 Å². The Morgan fingerprint density at radius 1 is 1.02 bits per heavy atom. The molecular weight excluding hydrogens is 632 g/mol. The first kappa shape index (κ1) is 34.6. The maximum atomic E-state index is 14.7. The summed E-state index contributed by atoms with van der Waals surface area (Å²) in [5, 5.41) is 7.33. The van der Waals surface area contributed by atoms with Crippen LogP contribution in [0.2, 0.25) is 0 Å². The molecule has 1 aliphatic heterocycles. The van der Waals surface area contributed by atoms with Gasteiger partial charge in [0.1, 0.15) is 17.5 Å². The van der Waals surface area contributed by atoms with Crippen molar-refractivity contribution < 1.29 is 36.6 Å². The number of likely N-dealkylation sites (tertiary alicyclic amines) is 1. The Morgan fingerprint density at radius 3 is 2.54 bits per heavy atom. The molecule has 1 saturated heterocycles. The molecule has 0 aliphatic carbocycles. The van der Waals surface area contributed by atoms with Crippen molar-refractivity contribution in [3.63, 3.8) is 0 Å². The van der Waals surface area contributed by atoms with Crippen LogP contribution in [0.15, 0.2) is 60.9 Å². The molecule has 48 heavy (non-hydrogen) atoms. The monoisotopic (exact) mass is 670 g/mol. The molecule has 2 aromatic carbocycles. The second kappa shape index (κ2) is 14.2. The van der Waals surface area contributed by atoms with Gasteiger partial charge >= 0.3 is 12.3 Å². The van der Waals surface area contributed by atoms with Crippen molar-refractivity contribution in [3.8, 4) is 22.9 Å². The Morgan fingerprint density at radius 2 is 1.81 bits per heavy atom. The molecule has 5 rings (SSSR count). The van der Waals surface area contributed by atoms with Gasteiger partial charge in [-0.2, -0.15) is 13.2 Å². The number of alkyl halides is 4. The summed E-state index contributed by atoms with van der Waals surface area (Å²) in [6.07, 6.45) is -5.05. The number of pyridine rings is 1. The van der Waals surface area contributed by atoms with E-state index in [0.29, 0.717) is 33.5 Å². The predicted molar refractivity (Wildman–Crippen MR) is 174 cm³/mol. The Bertz CT molecular complexity index is 1750. The lowest BCUT2D eigenvalue weighted by molar-refractivity contribution is -0.207. The third-order valence-electron chi connectivity index (χ3n) is 7.62. The zero-order valence-electron chi connectivity index (χ0n) is 27.3. The molecule has 3 heterocycles. The van der Waals surface area contributed by atoms with Crippen LogP contribution in [0.4, 0.5) is 34.0 Å². The molecule has 14 heteroatoms. The number of hydrogen-bond acceptors (Lipinski definition) is 9. The van der Waals surface area contributed by atoms with E-state index < -0.39 is 42.7 Å². The van der Waals surface area contributed by atoms with E-state index >= 15 is 0 Å². The van der Waals surface area contributed by atoms with Crippen LogP contribution >= 0.6 is 0 Å². The van der Waals surface area contributed by atoms with E-state index in [-0.39, 0.29) is 31.3 Å². The summed E-state index contributed by atoms with van der Waals surface area (Å²) in [5.74, 6) is 0.946. The van der Waals surface area contributed by atoms with Gasteiger partial charge in [0.05, 0.1) is 24.3 Å². The van der Waals surface area contributed by atoms with E-state index in [0.717, 1.165) is 12.7 Å². The molecule has 4 aromatic rings. The summed E-state index contributed by atoms with van der Waals surface area (Å²) in [5.41, 5.74) is 1.58. The number of carbonyl (C=O) groups is 1. The van der Waals surface area contributed by atoms with Crippen LogP contribution in [-0.2, 0) is 9.47 Å². The minimum Gasteiger partial charge on any atom is -0.444 e. The summed E-state index contributed by atoms with van der Waals surface area (Å²) in [6.45, 7) is 6.80. The van der Waals surface area contributed by atoms with Gasteiger partial charge in [-0.3, -0.25) is 0 Å². The number of methoxy groups -OCH3 is 1. The number of nitrogens with one attached hydrogen (secondary N) is 2. The van der Waals surface area contributed by atoms with Gasteiger partial charge in [-0.05, 0) is 57.5 Å². The number of carbonyl (C=O) groups excluding carboxylic acids is 1. The van der Waals surface area contributed by atoms with Gasteiger partial charge in [0.25, 0.3) is 0 Å². The third-order valence-corrected chi connectivity index (χ3v) is 7.62. The molecule has 3 atom stereocenters. The second-order valence-electron chi connectivity index (χ2n) is 12.5. The molecule has 0 bridgehead atoms. The lowest BCUT2D eigenvalue weighted by Gasteiger charge is -2.36. The molecule has 0 saturated carbocycles. The molecular formula is C34H38F4N6O4. The van der Waals surface area contributed by atoms with Gasteiger partial charge in [0.2, 0.25) is 11.8 Å². The fourth-order valence-corrected chi connectivity index (χ4v) is 5.41. The van der Waals surface area contributed by atoms with Crippen LogP contribution in [0, 0.1) is 6.92 Å². The van der Waals surface area contributed by atoms with Gasteiger partial charge in [-0.15, -0.1) is 0 Å². The van der Waals surface area contributed by atoms with Crippen LogP contribution in [-0.4, -0.2) is 82.8 Å². The smallest absolute Gasteiger partial charge is 0.416 e. The van der Waals surface area contributed by atoms with Crippen LogP contribution < -0.4 is 15.4 Å². The number of hydrogen-bond donors (Lipinski definition) is 2. The number of halogens is 4. The number of fused-ring (bicyclic) bond motifs is 1. The lowest BCUT2D eigenvalue weighted by Crippen LogP contribution is -2.51. The first-order valence-corrected chi connectivity index (χ1v) is 15.4. The molecule has 10 nitrogen and oxygen atoms in total. The number of benzene rings is 2. The first-order valence-electron chi connectivity index (χ1n) is 15.4. The van der Waals surface area contributed by atoms with Crippen molar-refractivity contribution in [1.82, 2.24) is 19.9 Å². The average molecular weight is 671 g/mol. The van der Waals surface area contributed by atoms with E-state index in [1.54, 1.807) is 63.5 Å². The van der Waals surface area contributed by atoms with Crippen LogP contribution in [0.1, 0.15) is 32.8 Å². The number of amides is 1. The molecule has 2 N–H and O–H groups in total. The molecule has 0 spiro atoms. The number of aromatic nitrogens is 3. The Labute approximate surface area is 275 Å². The summed E-state index contributed by atoms with van der Waals surface area (Å²) in [4.78, 5) is 27.4. The summed E-state index contributed by atoms with van der Waals surface area (Å²) in [7, 11) is 1.02. The minimum absolute atomic E-state index is 0.0588. The predicted octanol–water partition coefficient (Wildman–Crippen LogP) is 7.54. The zero-order valence-corrected chi connectivity index (χ0v) is 27.3. The van der Waals surface area contributed by atoms with E-state index in [2.05, 4.69) is 30.3 Å². The van der Waals surface area contributed by atoms with Crippen molar-refractivity contribution in [2.24, 2.45) is 0 Å². The fraction of sp³-hybridized carbons (Fsp3) is 0.412. The van der Waals surface area contributed by atoms with Gasteiger partial charge in [-0.1, -0.05) is 24.3 Å². The Balaban J connectivity index is 1.38. The SMILES string of the molecule is CO[C@@H](CNc1cccc2c(Oc3ncccc3-c3ccnc(N[C@H]4C[C@H](F)CN(C(=O)OC(C)(C)C)C4)n3)c(C)ccc12)C(F)(F)F. The van der Waals surface area contributed by atoms with Crippen LogP contribution in [0.5, 0.6) is 11.6 Å². The highest BCUT2D eigenvalue weighted by Gasteiger charge is 2.40. The van der Waals surface area contributed by atoms with E-state index in [4.69, 9.17) is 9.47 Å². The molecule has 0 radical (unpaired) electrons. The van der Waals surface area contributed by atoms with E-state index in [1.165, 1.54) is 4.90 Å².